The van der Waals surface area contributed by atoms with Gasteiger partial charge in [-0.25, -0.2) is 0 Å². The van der Waals surface area contributed by atoms with Crippen LogP contribution in [0.3, 0.4) is 0 Å². The van der Waals surface area contributed by atoms with E-state index in [1.807, 2.05) is 18.7 Å². The zero-order valence-corrected chi connectivity index (χ0v) is 12.2. The number of nitriles is 1. The van der Waals surface area contributed by atoms with Crippen LogP contribution in [0.15, 0.2) is 0 Å². The number of hydrogen-bond donors (Lipinski definition) is 0. The number of nitrogens with zero attached hydrogens (tertiary/aromatic N) is 2. The van der Waals surface area contributed by atoms with Crippen molar-refractivity contribution in [3.05, 3.63) is 0 Å². The van der Waals surface area contributed by atoms with Crippen molar-refractivity contribution in [2.24, 2.45) is 5.92 Å². The highest BCUT2D eigenvalue weighted by atomic mass is 16.2. The van der Waals surface area contributed by atoms with Gasteiger partial charge in [0.25, 0.3) is 0 Å². The Balaban J connectivity index is 4.06. The summed E-state index contributed by atoms with van der Waals surface area (Å²) in [5, 5.41) is 8.65. The Labute approximate surface area is 112 Å². The molecule has 0 bridgehead atoms. The lowest BCUT2D eigenvalue weighted by atomic mass is 10.1. The van der Waals surface area contributed by atoms with Gasteiger partial charge in [-0.15, -0.1) is 0 Å². The van der Waals surface area contributed by atoms with E-state index in [4.69, 9.17) is 5.26 Å². The van der Waals surface area contributed by atoms with Crippen LogP contribution in [-0.2, 0) is 4.79 Å². The maximum atomic E-state index is 12.1. The number of unbranched alkanes of at least 4 members (excludes halogenated alkanes) is 4. The van der Waals surface area contributed by atoms with Gasteiger partial charge in [-0.05, 0) is 12.8 Å². The molecule has 0 fully saturated rings. The molecule has 0 rings (SSSR count). The van der Waals surface area contributed by atoms with Gasteiger partial charge in [-0.2, -0.15) is 5.26 Å². The normalized spacial score (nSPS) is 11.9. The van der Waals surface area contributed by atoms with E-state index in [1.165, 1.54) is 25.7 Å². The summed E-state index contributed by atoms with van der Waals surface area (Å²) in [7, 11) is 0. The van der Waals surface area contributed by atoms with Crippen LogP contribution < -0.4 is 0 Å². The number of amides is 1. The molecule has 3 nitrogen and oxygen atoms in total. The molecule has 0 aromatic carbocycles. The average molecular weight is 252 g/mol. The van der Waals surface area contributed by atoms with E-state index in [2.05, 4.69) is 13.0 Å². The van der Waals surface area contributed by atoms with Crippen molar-refractivity contribution in [2.45, 2.75) is 65.7 Å². The summed E-state index contributed by atoms with van der Waals surface area (Å²) in [6.45, 7) is 7.61. The Morgan fingerprint density at radius 1 is 1.17 bits per heavy atom. The Morgan fingerprint density at radius 2 is 1.83 bits per heavy atom. The molecule has 0 saturated heterocycles. The van der Waals surface area contributed by atoms with Crippen molar-refractivity contribution in [3.8, 4) is 6.07 Å². The molecular formula is C15H28N2O. The van der Waals surface area contributed by atoms with E-state index < -0.39 is 0 Å². The van der Waals surface area contributed by atoms with Crippen molar-refractivity contribution < 1.29 is 4.79 Å². The second-order valence-corrected chi connectivity index (χ2v) is 4.96. The van der Waals surface area contributed by atoms with Crippen LogP contribution in [0.4, 0.5) is 0 Å². The maximum absolute atomic E-state index is 12.1. The van der Waals surface area contributed by atoms with Gasteiger partial charge in [0.1, 0.15) is 0 Å². The average Bonchev–Trinajstić information content (AvgIpc) is 2.40. The van der Waals surface area contributed by atoms with Crippen molar-refractivity contribution in [2.75, 3.05) is 13.1 Å². The van der Waals surface area contributed by atoms with Crippen molar-refractivity contribution in [3.63, 3.8) is 0 Å². The molecule has 18 heavy (non-hydrogen) atoms. The lowest BCUT2D eigenvalue weighted by Gasteiger charge is -2.24. The molecule has 0 saturated carbocycles. The Morgan fingerprint density at radius 3 is 2.39 bits per heavy atom. The van der Waals surface area contributed by atoms with Crippen LogP contribution in [-0.4, -0.2) is 23.9 Å². The molecule has 0 radical (unpaired) electrons. The minimum Gasteiger partial charge on any atom is -0.341 e. The smallest absolute Gasteiger partial charge is 0.225 e. The van der Waals surface area contributed by atoms with E-state index in [1.54, 1.807) is 0 Å². The number of rotatable bonds is 10. The summed E-state index contributed by atoms with van der Waals surface area (Å²) in [6, 6.07) is 2.13. The number of carbonyl (C=O) groups is 1. The van der Waals surface area contributed by atoms with Gasteiger partial charge in [0.15, 0.2) is 0 Å². The Kier molecular flexibility index (Phi) is 10.4. The molecule has 0 aromatic rings. The molecule has 0 heterocycles. The highest BCUT2D eigenvalue weighted by Crippen LogP contribution is 2.10. The number of carbonyl (C=O) groups excluding carboxylic acids is 1. The molecule has 0 spiro atoms. The molecule has 1 amide bonds. The van der Waals surface area contributed by atoms with Crippen molar-refractivity contribution >= 4 is 5.91 Å². The molecule has 104 valence electrons. The summed E-state index contributed by atoms with van der Waals surface area (Å²) in [5.41, 5.74) is 0. The van der Waals surface area contributed by atoms with E-state index in [0.29, 0.717) is 13.0 Å². The molecule has 0 aromatic heterocycles. The Hall–Kier alpha value is -1.04. The summed E-state index contributed by atoms with van der Waals surface area (Å²) in [5.74, 6) is 0.294. The van der Waals surface area contributed by atoms with Gasteiger partial charge in [-0.1, -0.05) is 46.5 Å². The summed E-state index contributed by atoms with van der Waals surface area (Å²) >= 11 is 0. The third kappa shape index (κ3) is 7.32. The van der Waals surface area contributed by atoms with Gasteiger partial charge >= 0.3 is 0 Å². The van der Waals surface area contributed by atoms with Gasteiger partial charge in [0.05, 0.1) is 12.5 Å². The van der Waals surface area contributed by atoms with E-state index in [0.717, 1.165) is 19.4 Å². The largest absolute Gasteiger partial charge is 0.341 e. The number of hydrogen-bond acceptors (Lipinski definition) is 2. The Bertz CT molecular complexity index is 258. The first kappa shape index (κ1) is 17.0. The van der Waals surface area contributed by atoms with E-state index >= 15 is 0 Å². The zero-order chi connectivity index (χ0) is 13.8. The van der Waals surface area contributed by atoms with Crippen LogP contribution in [0.5, 0.6) is 0 Å². The zero-order valence-electron chi connectivity index (χ0n) is 12.2. The van der Waals surface area contributed by atoms with Gasteiger partial charge < -0.3 is 4.90 Å². The maximum Gasteiger partial charge on any atom is 0.225 e. The summed E-state index contributed by atoms with van der Waals surface area (Å²) in [4.78, 5) is 14.0. The van der Waals surface area contributed by atoms with E-state index in [9.17, 15) is 4.79 Å². The van der Waals surface area contributed by atoms with Crippen LogP contribution in [0, 0.1) is 17.2 Å². The second kappa shape index (κ2) is 11.1. The first-order valence-corrected chi connectivity index (χ1v) is 7.33. The van der Waals surface area contributed by atoms with Gasteiger partial charge in [0, 0.05) is 19.0 Å². The highest BCUT2D eigenvalue weighted by molar-refractivity contribution is 5.78. The van der Waals surface area contributed by atoms with Crippen molar-refractivity contribution in [1.29, 1.82) is 5.26 Å². The fourth-order valence-electron chi connectivity index (χ4n) is 1.91. The molecule has 0 aliphatic heterocycles. The lowest BCUT2D eigenvalue weighted by Crippen LogP contribution is -2.36. The fraction of sp³-hybridized carbons (Fsp3) is 0.867. The molecule has 0 aliphatic carbocycles. The third-order valence-corrected chi connectivity index (χ3v) is 3.37. The molecule has 1 atom stereocenters. The molecule has 0 N–H and O–H groups in total. The molecule has 1 unspecified atom stereocenters. The monoisotopic (exact) mass is 252 g/mol. The highest BCUT2D eigenvalue weighted by Gasteiger charge is 2.18. The second-order valence-electron chi connectivity index (χ2n) is 4.96. The van der Waals surface area contributed by atoms with Crippen LogP contribution in [0.25, 0.3) is 0 Å². The molecule has 3 heteroatoms. The molecule has 0 aliphatic rings. The topological polar surface area (TPSA) is 44.1 Å². The van der Waals surface area contributed by atoms with Crippen molar-refractivity contribution in [1.82, 2.24) is 4.90 Å². The first-order chi connectivity index (χ1) is 8.67. The minimum absolute atomic E-state index is 0.0827. The quantitative estimate of drug-likeness (QED) is 0.556. The van der Waals surface area contributed by atoms with Gasteiger partial charge in [0.2, 0.25) is 5.91 Å². The molecular weight excluding hydrogens is 224 g/mol. The van der Waals surface area contributed by atoms with Crippen LogP contribution >= 0.6 is 0 Å². The first-order valence-electron chi connectivity index (χ1n) is 7.33. The van der Waals surface area contributed by atoms with Crippen LogP contribution in [0.1, 0.15) is 65.7 Å². The van der Waals surface area contributed by atoms with Gasteiger partial charge in [-0.3, -0.25) is 4.79 Å². The predicted molar refractivity (Wildman–Crippen MR) is 75.0 cm³/mol. The SMILES string of the molecule is CCCCCCCN(CCC#N)C(=O)C(C)CC. The van der Waals surface area contributed by atoms with E-state index in [-0.39, 0.29) is 11.8 Å². The summed E-state index contributed by atoms with van der Waals surface area (Å²) in [6.07, 6.45) is 7.33. The minimum atomic E-state index is 0.0827. The predicted octanol–water partition coefficient (Wildman–Crippen LogP) is 3.75. The van der Waals surface area contributed by atoms with Crippen LogP contribution in [0.2, 0.25) is 0 Å². The fourth-order valence-corrected chi connectivity index (χ4v) is 1.91. The third-order valence-electron chi connectivity index (χ3n) is 3.37. The summed E-state index contributed by atoms with van der Waals surface area (Å²) < 4.78 is 0. The standard InChI is InChI=1S/C15H28N2O/c1-4-6-7-8-9-12-17(13-10-11-16)15(18)14(3)5-2/h14H,4-10,12-13H2,1-3H3. The lowest BCUT2D eigenvalue weighted by molar-refractivity contribution is -0.135.